The summed E-state index contributed by atoms with van der Waals surface area (Å²) in [7, 11) is 0. The molecule has 2 aliphatic rings. The van der Waals surface area contributed by atoms with Crippen molar-refractivity contribution in [2.75, 3.05) is 13.1 Å². The second kappa shape index (κ2) is 5.76. The molecule has 1 fully saturated rings. The molecule has 1 aromatic rings. The minimum absolute atomic E-state index is 0.107. The van der Waals surface area contributed by atoms with E-state index >= 15 is 0 Å². The number of fused-ring (bicyclic) bond motifs is 1. The number of urea groups is 1. The lowest BCUT2D eigenvalue weighted by Crippen LogP contribution is -2.49. The molecule has 5 heteroatoms. The van der Waals surface area contributed by atoms with E-state index in [9.17, 15) is 14.7 Å². The summed E-state index contributed by atoms with van der Waals surface area (Å²) in [5.74, 6) is -0.820. The zero-order valence-electron chi connectivity index (χ0n) is 11.9. The molecule has 2 N–H and O–H groups in total. The lowest BCUT2D eigenvalue weighted by Gasteiger charge is -2.23. The van der Waals surface area contributed by atoms with Crippen LogP contribution in [0.5, 0.6) is 0 Å². The molecule has 0 aromatic heterocycles. The number of nitrogens with one attached hydrogen (secondary N) is 1. The van der Waals surface area contributed by atoms with Crippen LogP contribution in [0.2, 0.25) is 0 Å². The normalized spacial score (nSPS) is 19.3. The molecule has 1 heterocycles. The van der Waals surface area contributed by atoms with Crippen LogP contribution in [-0.2, 0) is 17.6 Å². The van der Waals surface area contributed by atoms with Crippen LogP contribution in [0, 0.1) is 5.92 Å². The van der Waals surface area contributed by atoms with Crippen LogP contribution in [0.25, 0.3) is 0 Å². The van der Waals surface area contributed by atoms with Crippen LogP contribution in [0.4, 0.5) is 4.79 Å². The highest BCUT2D eigenvalue weighted by molar-refractivity contribution is 5.83. The monoisotopic (exact) mass is 288 g/mol. The average Bonchev–Trinajstić information content (AvgIpc) is 3.30. The van der Waals surface area contributed by atoms with Gasteiger partial charge in [-0.25, -0.2) is 9.59 Å². The quantitative estimate of drug-likeness (QED) is 0.888. The van der Waals surface area contributed by atoms with Crippen LogP contribution in [-0.4, -0.2) is 41.1 Å². The molecule has 5 nitrogen and oxygen atoms in total. The highest BCUT2D eigenvalue weighted by atomic mass is 16.4. The number of hydrogen-bond acceptors (Lipinski definition) is 2. The first kappa shape index (κ1) is 13.9. The van der Waals surface area contributed by atoms with Crippen LogP contribution in [0.15, 0.2) is 24.3 Å². The molecule has 21 heavy (non-hydrogen) atoms. The van der Waals surface area contributed by atoms with Crippen molar-refractivity contribution < 1.29 is 14.7 Å². The van der Waals surface area contributed by atoms with Crippen LogP contribution >= 0.6 is 0 Å². The Morgan fingerprint density at radius 2 is 1.71 bits per heavy atom. The third-order valence-corrected chi connectivity index (χ3v) is 4.35. The SMILES string of the molecule is O=C(O)C(NC(=O)N1CCc2ccccc2CC1)C1CC1. The first-order valence-corrected chi connectivity index (χ1v) is 7.50. The molecule has 0 radical (unpaired) electrons. The summed E-state index contributed by atoms with van der Waals surface area (Å²) in [6.07, 6.45) is 3.43. The maximum absolute atomic E-state index is 12.3. The molecule has 1 atom stereocenters. The van der Waals surface area contributed by atoms with E-state index in [-0.39, 0.29) is 11.9 Å². The van der Waals surface area contributed by atoms with E-state index in [1.54, 1.807) is 4.90 Å². The van der Waals surface area contributed by atoms with Crippen molar-refractivity contribution in [3.63, 3.8) is 0 Å². The number of hydrogen-bond donors (Lipinski definition) is 2. The third-order valence-electron chi connectivity index (χ3n) is 4.35. The van der Waals surface area contributed by atoms with Crippen molar-refractivity contribution in [3.05, 3.63) is 35.4 Å². The van der Waals surface area contributed by atoms with Gasteiger partial charge in [-0.2, -0.15) is 0 Å². The summed E-state index contributed by atoms with van der Waals surface area (Å²) in [5.41, 5.74) is 2.56. The number of carboxylic acids is 1. The number of nitrogens with zero attached hydrogens (tertiary/aromatic N) is 1. The number of aliphatic carboxylic acids is 1. The lowest BCUT2D eigenvalue weighted by molar-refractivity contribution is -0.139. The van der Waals surface area contributed by atoms with E-state index in [4.69, 9.17) is 0 Å². The van der Waals surface area contributed by atoms with Gasteiger partial charge in [0.2, 0.25) is 0 Å². The van der Waals surface area contributed by atoms with Crippen molar-refractivity contribution >= 4 is 12.0 Å². The summed E-state index contributed by atoms with van der Waals surface area (Å²) < 4.78 is 0. The molecule has 3 rings (SSSR count). The topological polar surface area (TPSA) is 69.6 Å². The van der Waals surface area contributed by atoms with Gasteiger partial charge in [0.1, 0.15) is 6.04 Å². The fraction of sp³-hybridized carbons (Fsp3) is 0.500. The molecule has 2 amide bonds. The summed E-state index contributed by atoms with van der Waals surface area (Å²) in [6.45, 7) is 1.28. The fourth-order valence-corrected chi connectivity index (χ4v) is 2.91. The fourth-order valence-electron chi connectivity index (χ4n) is 2.91. The van der Waals surface area contributed by atoms with Crippen LogP contribution in [0.1, 0.15) is 24.0 Å². The summed E-state index contributed by atoms with van der Waals surface area (Å²) in [4.78, 5) is 25.2. The zero-order valence-corrected chi connectivity index (χ0v) is 11.9. The molecule has 1 unspecified atom stereocenters. The van der Waals surface area contributed by atoms with E-state index in [0.717, 1.165) is 25.7 Å². The van der Waals surface area contributed by atoms with Gasteiger partial charge in [0.25, 0.3) is 0 Å². The Kier molecular flexibility index (Phi) is 3.82. The van der Waals surface area contributed by atoms with Gasteiger partial charge in [0, 0.05) is 13.1 Å². The van der Waals surface area contributed by atoms with E-state index < -0.39 is 12.0 Å². The van der Waals surface area contributed by atoms with Crippen LogP contribution in [0.3, 0.4) is 0 Å². The highest BCUT2D eigenvalue weighted by Gasteiger charge is 2.38. The van der Waals surface area contributed by atoms with Gasteiger partial charge in [0.15, 0.2) is 0 Å². The van der Waals surface area contributed by atoms with E-state index in [1.807, 2.05) is 12.1 Å². The highest BCUT2D eigenvalue weighted by Crippen LogP contribution is 2.32. The molecule has 0 saturated heterocycles. The van der Waals surface area contributed by atoms with E-state index in [1.165, 1.54) is 11.1 Å². The second-order valence-electron chi connectivity index (χ2n) is 5.86. The first-order valence-electron chi connectivity index (χ1n) is 7.50. The molecule has 0 bridgehead atoms. The molecular formula is C16H20N2O3. The van der Waals surface area contributed by atoms with Crippen LogP contribution < -0.4 is 5.32 Å². The third kappa shape index (κ3) is 3.17. The largest absolute Gasteiger partial charge is 0.480 e. The summed E-state index contributed by atoms with van der Waals surface area (Å²) >= 11 is 0. The van der Waals surface area contributed by atoms with E-state index in [0.29, 0.717) is 13.1 Å². The summed E-state index contributed by atoms with van der Waals surface area (Å²) in [6, 6.07) is 7.25. The van der Waals surface area contributed by atoms with Gasteiger partial charge in [-0.3, -0.25) is 0 Å². The number of amides is 2. The smallest absolute Gasteiger partial charge is 0.326 e. The van der Waals surface area contributed by atoms with E-state index in [2.05, 4.69) is 17.4 Å². The number of carbonyl (C=O) groups excluding carboxylic acids is 1. The molecule has 112 valence electrons. The Hall–Kier alpha value is -2.04. The van der Waals surface area contributed by atoms with Crippen molar-refractivity contribution in [3.8, 4) is 0 Å². The van der Waals surface area contributed by atoms with Gasteiger partial charge in [-0.05, 0) is 42.7 Å². The van der Waals surface area contributed by atoms with Crippen molar-refractivity contribution in [2.45, 2.75) is 31.7 Å². The van der Waals surface area contributed by atoms with Gasteiger partial charge < -0.3 is 15.3 Å². The minimum atomic E-state index is -0.927. The average molecular weight is 288 g/mol. The maximum Gasteiger partial charge on any atom is 0.326 e. The number of rotatable bonds is 3. The molecule has 1 aliphatic carbocycles. The molecule has 0 spiro atoms. The van der Waals surface area contributed by atoms with Gasteiger partial charge in [0.05, 0.1) is 0 Å². The van der Waals surface area contributed by atoms with Crippen molar-refractivity contribution in [1.82, 2.24) is 10.2 Å². The molecule has 1 aliphatic heterocycles. The Morgan fingerprint density at radius 1 is 1.14 bits per heavy atom. The standard InChI is InChI=1S/C16H20N2O3/c19-15(20)14(13-5-6-13)17-16(21)18-9-7-11-3-1-2-4-12(11)8-10-18/h1-4,13-14H,5-10H2,(H,17,21)(H,19,20). The van der Waals surface area contributed by atoms with Gasteiger partial charge >= 0.3 is 12.0 Å². The maximum atomic E-state index is 12.3. The van der Waals surface area contributed by atoms with Crippen molar-refractivity contribution in [1.29, 1.82) is 0 Å². The number of carboxylic acid groups (broad SMARTS) is 1. The number of carbonyl (C=O) groups is 2. The summed E-state index contributed by atoms with van der Waals surface area (Å²) in [5, 5.41) is 11.9. The Morgan fingerprint density at radius 3 is 2.19 bits per heavy atom. The minimum Gasteiger partial charge on any atom is -0.480 e. The Labute approximate surface area is 123 Å². The molecular weight excluding hydrogens is 268 g/mol. The predicted octanol–water partition coefficient (Wildman–Crippen LogP) is 1.66. The lowest BCUT2D eigenvalue weighted by atomic mass is 10.0. The van der Waals surface area contributed by atoms with Gasteiger partial charge in [-0.1, -0.05) is 24.3 Å². The Balaban J connectivity index is 1.62. The first-order chi connectivity index (χ1) is 10.1. The van der Waals surface area contributed by atoms with Gasteiger partial charge in [-0.15, -0.1) is 0 Å². The number of benzene rings is 1. The Bertz CT molecular complexity index is 527. The molecule has 1 saturated carbocycles. The second-order valence-corrected chi connectivity index (χ2v) is 5.86. The van der Waals surface area contributed by atoms with Crippen molar-refractivity contribution in [2.24, 2.45) is 5.92 Å². The molecule has 1 aromatic carbocycles. The predicted molar refractivity (Wildman–Crippen MR) is 78.1 cm³/mol. The zero-order chi connectivity index (χ0) is 14.8.